The summed E-state index contributed by atoms with van der Waals surface area (Å²) in [6, 6.07) is 0. The Morgan fingerprint density at radius 3 is 1.25 bits per heavy atom. The van der Waals surface area contributed by atoms with Crippen molar-refractivity contribution >= 4 is 24.1 Å². The lowest BCUT2D eigenvalue weighted by Gasteiger charge is -1.69. The van der Waals surface area contributed by atoms with E-state index in [0.717, 1.165) is 0 Å². The number of ketones is 2. The first-order valence-electron chi connectivity index (χ1n) is 1.57. The summed E-state index contributed by atoms with van der Waals surface area (Å²) < 4.78 is 0. The molecule has 0 fully saturated rings. The Kier molecular flexibility index (Phi) is 2.33. The molecule has 4 heteroatoms. The average Bonchev–Trinajstić information content (AvgIpc) is 1.84. The van der Waals surface area contributed by atoms with E-state index < -0.39 is 11.6 Å². The molecule has 0 aromatic heterocycles. The average molecular weight is 112 g/mol. The molecule has 0 rings (SSSR count). The summed E-state index contributed by atoms with van der Waals surface area (Å²) in [4.78, 5) is 37.9. The Hall–Kier alpha value is -1.32. The highest BCUT2D eigenvalue weighted by atomic mass is 16.2. The fourth-order valence-corrected chi connectivity index (χ4v) is 0.0927. The van der Waals surface area contributed by atoms with E-state index >= 15 is 0 Å². The topological polar surface area (TPSA) is 68.3 Å². The third-order valence-corrected chi connectivity index (χ3v) is 0.392. The van der Waals surface area contributed by atoms with Gasteiger partial charge in [-0.1, -0.05) is 0 Å². The van der Waals surface area contributed by atoms with Crippen molar-refractivity contribution in [1.82, 2.24) is 0 Å². The van der Waals surface area contributed by atoms with E-state index in [1.165, 1.54) is 0 Å². The molecule has 0 aromatic carbocycles. The van der Waals surface area contributed by atoms with Gasteiger partial charge in [0, 0.05) is 0 Å². The third-order valence-electron chi connectivity index (χ3n) is 0.392. The largest absolute Gasteiger partial charge is 0.281 e. The lowest BCUT2D eigenvalue weighted by molar-refractivity contribution is -0.128. The molecule has 40 valence electrons. The van der Waals surface area contributed by atoms with Gasteiger partial charge in [-0.15, -0.1) is 0 Å². The number of hydrogen-bond acceptors (Lipinski definition) is 4. The van der Waals surface area contributed by atoms with E-state index in [4.69, 9.17) is 0 Å². The Balaban J connectivity index is 4.02. The van der Waals surface area contributed by atoms with Gasteiger partial charge in [0.25, 0.3) is 24.1 Å². The van der Waals surface area contributed by atoms with E-state index in [-0.39, 0.29) is 0 Å². The van der Waals surface area contributed by atoms with Crippen molar-refractivity contribution in [2.45, 2.75) is 0 Å². The van der Waals surface area contributed by atoms with Gasteiger partial charge < -0.3 is 0 Å². The molecule has 0 aliphatic carbocycles. The minimum atomic E-state index is -1.49. The Labute approximate surface area is 44.5 Å². The second-order valence-electron chi connectivity index (χ2n) is 0.862. The minimum absolute atomic E-state index is 0.715. The van der Waals surface area contributed by atoms with Crippen LogP contribution in [0.5, 0.6) is 0 Å². The molecular formula is C4O4. The first-order valence-corrected chi connectivity index (χ1v) is 1.57. The first-order chi connectivity index (χ1) is 3.72. The molecule has 0 spiro atoms. The zero-order chi connectivity index (χ0) is 6.57. The number of carbonyl (C=O) groups excluding carboxylic acids is 4. The molecular weight excluding hydrogens is 112 g/mol. The maximum Gasteiger partial charge on any atom is 0.281 e. The van der Waals surface area contributed by atoms with Gasteiger partial charge in [0.05, 0.1) is 0 Å². The van der Waals surface area contributed by atoms with Crippen molar-refractivity contribution in [3.05, 3.63) is 0 Å². The number of hydrogen-bond donors (Lipinski definition) is 0. The number of rotatable bonds is 3. The molecule has 0 saturated carbocycles. The number of Topliss-reactive ketones (excluding diaryl/α,β-unsaturated/α-hetero) is 2. The molecule has 0 N–H and O–H groups in total. The second kappa shape index (κ2) is 2.79. The molecule has 8 heavy (non-hydrogen) atoms. The van der Waals surface area contributed by atoms with Crippen LogP contribution in [-0.2, 0) is 19.2 Å². The highest BCUT2D eigenvalue weighted by molar-refractivity contribution is 6.70. The summed E-state index contributed by atoms with van der Waals surface area (Å²) in [5.74, 6) is -2.97. The standard InChI is InChI=1S/C4O4/c5-1-3(7)4(8)2-6. The highest BCUT2D eigenvalue weighted by Gasteiger charge is 2.11. The SMILES string of the molecule is O=[C]C(=O)C(=O)[C]=O. The molecule has 4 nitrogen and oxygen atoms in total. The van der Waals surface area contributed by atoms with E-state index in [9.17, 15) is 19.2 Å². The van der Waals surface area contributed by atoms with Gasteiger partial charge in [0.1, 0.15) is 0 Å². The van der Waals surface area contributed by atoms with Crippen molar-refractivity contribution in [2.75, 3.05) is 0 Å². The van der Waals surface area contributed by atoms with E-state index in [2.05, 4.69) is 0 Å². The molecule has 0 aliphatic rings. The van der Waals surface area contributed by atoms with Gasteiger partial charge >= 0.3 is 0 Å². The summed E-state index contributed by atoms with van der Waals surface area (Å²) in [7, 11) is 0. The monoisotopic (exact) mass is 112 g/mol. The lowest BCUT2D eigenvalue weighted by atomic mass is 10.3. The van der Waals surface area contributed by atoms with Gasteiger partial charge in [0.2, 0.25) is 0 Å². The van der Waals surface area contributed by atoms with Crippen molar-refractivity contribution < 1.29 is 19.2 Å². The molecule has 0 heterocycles. The predicted molar refractivity (Wildman–Crippen MR) is 21.4 cm³/mol. The summed E-state index contributed by atoms with van der Waals surface area (Å²) in [5.41, 5.74) is 0. The number of carbonyl (C=O) groups is 2. The molecule has 2 radical (unpaired) electrons. The maximum absolute atomic E-state index is 9.71. The maximum atomic E-state index is 9.71. The van der Waals surface area contributed by atoms with Crippen LogP contribution in [0.2, 0.25) is 0 Å². The zero-order valence-electron chi connectivity index (χ0n) is 3.63. The molecule has 0 atom stereocenters. The van der Waals surface area contributed by atoms with Crippen LogP contribution in [0.15, 0.2) is 0 Å². The summed E-state index contributed by atoms with van der Waals surface area (Å²) in [5, 5.41) is 0. The molecule has 0 aromatic rings. The van der Waals surface area contributed by atoms with Crippen molar-refractivity contribution in [3.8, 4) is 0 Å². The van der Waals surface area contributed by atoms with Crippen molar-refractivity contribution in [1.29, 1.82) is 0 Å². The second-order valence-corrected chi connectivity index (χ2v) is 0.862. The van der Waals surface area contributed by atoms with Crippen LogP contribution in [0, 0.1) is 0 Å². The van der Waals surface area contributed by atoms with Gasteiger partial charge in [-0.05, 0) is 0 Å². The fraction of sp³-hybridized carbons (Fsp3) is 0. The molecule has 0 saturated heterocycles. The summed E-state index contributed by atoms with van der Waals surface area (Å²) >= 11 is 0. The molecule has 0 amide bonds. The van der Waals surface area contributed by atoms with Crippen LogP contribution < -0.4 is 0 Å². The van der Waals surface area contributed by atoms with Gasteiger partial charge in [0.15, 0.2) is 0 Å². The quantitative estimate of drug-likeness (QED) is 0.324. The van der Waals surface area contributed by atoms with Gasteiger partial charge in [-0.3, -0.25) is 19.2 Å². The first kappa shape index (κ1) is 6.68. The van der Waals surface area contributed by atoms with E-state index in [0.29, 0.717) is 12.6 Å². The van der Waals surface area contributed by atoms with Crippen LogP contribution in [-0.4, -0.2) is 24.1 Å². The normalized spacial score (nSPS) is 7.50. The summed E-state index contributed by atoms with van der Waals surface area (Å²) in [6.45, 7) is 0. The van der Waals surface area contributed by atoms with E-state index in [1.54, 1.807) is 0 Å². The van der Waals surface area contributed by atoms with Gasteiger partial charge in [-0.25, -0.2) is 0 Å². The van der Waals surface area contributed by atoms with Crippen molar-refractivity contribution in [3.63, 3.8) is 0 Å². The van der Waals surface area contributed by atoms with Crippen LogP contribution in [0.3, 0.4) is 0 Å². The predicted octanol–water partition coefficient (Wildman–Crippen LogP) is -1.66. The molecule has 0 unspecified atom stereocenters. The van der Waals surface area contributed by atoms with Crippen molar-refractivity contribution in [2.24, 2.45) is 0 Å². The molecule has 0 aliphatic heterocycles. The lowest BCUT2D eigenvalue weighted by Crippen LogP contribution is -2.14. The Morgan fingerprint density at radius 2 is 1.12 bits per heavy atom. The third kappa shape index (κ3) is 1.42. The zero-order valence-corrected chi connectivity index (χ0v) is 3.63. The minimum Gasteiger partial charge on any atom is -0.281 e. The van der Waals surface area contributed by atoms with Crippen LogP contribution >= 0.6 is 0 Å². The molecule has 0 bridgehead atoms. The summed E-state index contributed by atoms with van der Waals surface area (Å²) in [6.07, 6.45) is 1.43. The smallest absolute Gasteiger partial charge is 0.281 e. The van der Waals surface area contributed by atoms with Crippen LogP contribution in [0.1, 0.15) is 0 Å². The fourth-order valence-electron chi connectivity index (χ4n) is 0.0927. The van der Waals surface area contributed by atoms with Crippen LogP contribution in [0.4, 0.5) is 0 Å². The Bertz CT molecular complexity index is 128. The van der Waals surface area contributed by atoms with Crippen LogP contribution in [0.25, 0.3) is 0 Å². The Morgan fingerprint density at radius 1 is 0.875 bits per heavy atom. The van der Waals surface area contributed by atoms with E-state index in [1.807, 2.05) is 0 Å². The highest BCUT2D eigenvalue weighted by Crippen LogP contribution is 1.63. The van der Waals surface area contributed by atoms with Gasteiger partial charge in [-0.2, -0.15) is 0 Å².